The maximum Gasteiger partial charge on any atom is 0.130 e. The molecular weight excluding hydrogens is 202 g/mol. The minimum Gasteiger partial charge on any atom is -0.399 e. The summed E-state index contributed by atoms with van der Waals surface area (Å²) >= 11 is 0. The Bertz CT molecular complexity index is 451. The predicted octanol–water partition coefficient (Wildman–Crippen LogP) is 1.90. The number of nitrogen functional groups attached to an aromatic ring is 1. The van der Waals surface area contributed by atoms with Gasteiger partial charge in [-0.2, -0.15) is 0 Å². The van der Waals surface area contributed by atoms with E-state index in [2.05, 4.69) is 10.3 Å². The van der Waals surface area contributed by atoms with Gasteiger partial charge in [0.1, 0.15) is 5.82 Å². The van der Waals surface area contributed by atoms with E-state index in [1.54, 1.807) is 6.20 Å². The standard InChI is InChI=1S/C12H13N3O/c13-10-2-4-11(5-3-10)15-12-6-1-9(8-16)7-14-12/h1-7,16H,8,13H2,(H,14,15). The molecule has 0 amide bonds. The fraction of sp³-hybridized carbons (Fsp3) is 0.0833. The summed E-state index contributed by atoms with van der Waals surface area (Å²) in [6, 6.07) is 11.1. The van der Waals surface area contributed by atoms with Crippen LogP contribution in [0, 0.1) is 0 Å². The number of anilines is 3. The van der Waals surface area contributed by atoms with Crippen LogP contribution >= 0.6 is 0 Å². The van der Waals surface area contributed by atoms with Crippen LogP contribution in [-0.4, -0.2) is 10.1 Å². The number of nitrogens with two attached hydrogens (primary N) is 1. The average Bonchev–Trinajstić information content (AvgIpc) is 2.33. The van der Waals surface area contributed by atoms with Gasteiger partial charge in [0.05, 0.1) is 6.61 Å². The fourth-order valence-electron chi connectivity index (χ4n) is 1.31. The Labute approximate surface area is 93.8 Å². The van der Waals surface area contributed by atoms with Crippen molar-refractivity contribution >= 4 is 17.2 Å². The maximum atomic E-state index is 8.87. The lowest BCUT2D eigenvalue weighted by atomic mass is 10.2. The molecule has 0 fully saturated rings. The van der Waals surface area contributed by atoms with Gasteiger partial charge in [0.2, 0.25) is 0 Å². The van der Waals surface area contributed by atoms with Crippen LogP contribution in [0.1, 0.15) is 5.56 Å². The third-order valence-electron chi connectivity index (χ3n) is 2.19. The van der Waals surface area contributed by atoms with Crippen molar-refractivity contribution in [2.45, 2.75) is 6.61 Å². The number of nitrogens with zero attached hydrogens (tertiary/aromatic N) is 1. The molecule has 0 saturated carbocycles. The summed E-state index contributed by atoms with van der Waals surface area (Å²) in [5.74, 6) is 0.738. The average molecular weight is 215 g/mol. The third kappa shape index (κ3) is 2.49. The summed E-state index contributed by atoms with van der Waals surface area (Å²) in [5.41, 5.74) is 8.04. The van der Waals surface area contributed by atoms with Gasteiger partial charge in [0.25, 0.3) is 0 Å². The lowest BCUT2D eigenvalue weighted by molar-refractivity contribution is 0.281. The Balaban J connectivity index is 2.11. The van der Waals surface area contributed by atoms with E-state index >= 15 is 0 Å². The highest BCUT2D eigenvalue weighted by molar-refractivity contribution is 5.59. The van der Waals surface area contributed by atoms with Crippen LogP contribution in [0.5, 0.6) is 0 Å². The van der Waals surface area contributed by atoms with Crippen molar-refractivity contribution in [3.05, 3.63) is 48.2 Å². The number of nitrogens with one attached hydrogen (secondary N) is 1. The molecule has 16 heavy (non-hydrogen) atoms. The molecule has 0 radical (unpaired) electrons. The van der Waals surface area contributed by atoms with Crippen LogP contribution in [0.25, 0.3) is 0 Å². The van der Waals surface area contributed by atoms with Gasteiger partial charge in [0, 0.05) is 17.6 Å². The molecule has 4 nitrogen and oxygen atoms in total. The first-order valence-electron chi connectivity index (χ1n) is 4.96. The fourth-order valence-corrected chi connectivity index (χ4v) is 1.31. The maximum absolute atomic E-state index is 8.87. The van der Waals surface area contributed by atoms with Gasteiger partial charge >= 0.3 is 0 Å². The van der Waals surface area contributed by atoms with E-state index in [1.807, 2.05) is 36.4 Å². The largest absolute Gasteiger partial charge is 0.399 e. The zero-order valence-corrected chi connectivity index (χ0v) is 8.72. The molecule has 0 aliphatic heterocycles. The smallest absolute Gasteiger partial charge is 0.130 e. The quantitative estimate of drug-likeness (QED) is 0.684. The van der Waals surface area contributed by atoms with Gasteiger partial charge in [-0.3, -0.25) is 0 Å². The van der Waals surface area contributed by atoms with E-state index in [9.17, 15) is 0 Å². The molecule has 0 bridgehead atoms. The van der Waals surface area contributed by atoms with Gasteiger partial charge in [-0.15, -0.1) is 0 Å². The van der Waals surface area contributed by atoms with Crippen molar-refractivity contribution in [1.82, 2.24) is 4.98 Å². The normalized spacial score (nSPS) is 10.1. The summed E-state index contributed by atoms with van der Waals surface area (Å²) in [6.07, 6.45) is 1.64. The molecule has 1 aromatic carbocycles. The van der Waals surface area contributed by atoms with Crippen LogP contribution in [-0.2, 0) is 6.61 Å². The van der Waals surface area contributed by atoms with E-state index < -0.39 is 0 Å². The Morgan fingerprint density at radius 1 is 1.12 bits per heavy atom. The molecule has 4 heteroatoms. The number of pyridine rings is 1. The lowest BCUT2D eigenvalue weighted by Gasteiger charge is -2.06. The van der Waals surface area contributed by atoms with Crippen LogP contribution in [0.3, 0.4) is 0 Å². The highest BCUT2D eigenvalue weighted by atomic mass is 16.3. The molecule has 4 N–H and O–H groups in total. The second kappa shape index (κ2) is 4.63. The molecule has 0 saturated heterocycles. The number of hydrogen-bond acceptors (Lipinski definition) is 4. The number of hydrogen-bond donors (Lipinski definition) is 3. The molecule has 0 atom stereocenters. The van der Waals surface area contributed by atoms with E-state index in [-0.39, 0.29) is 6.61 Å². The Morgan fingerprint density at radius 2 is 1.88 bits per heavy atom. The molecule has 1 aromatic heterocycles. The van der Waals surface area contributed by atoms with Crippen molar-refractivity contribution in [2.24, 2.45) is 0 Å². The summed E-state index contributed by atoms with van der Waals surface area (Å²) in [5, 5.41) is 12.0. The SMILES string of the molecule is Nc1ccc(Nc2ccc(CO)cn2)cc1. The van der Waals surface area contributed by atoms with Crippen LogP contribution in [0.15, 0.2) is 42.6 Å². The highest BCUT2D eigenvalue weighted by Gasteiger charge is 1.96. The molecule has 2 aromatic rings. The predicted molar refractivity (Wildman–Crippen MR) is 64.3 cm³/mol. The van der Waals surface area contributed by atoms with Crippen molar-refractivity contribution < 1.29 is 5.11 Å². The minimum atomic E-state index is 0.00908. The monoisotopic (exact) mass is 215 g/mol. The highest BCUT2D eigenvalue weighted by Crippen LogP contribution is 2.16. The van der Waals surface area contributed by atoms with Gasteiger partial charge in [0.15, 0.2) is 0 Å². The topological polar surface area (TPSA) is 71.2 Å². The van der Waals surface area contributed by atoms with Crippen LogP contribution < -0.4 is 11.1 Å². The van der Waals surface area contributed by atoms with Gasteiger partial charge in [-0.05, 0) is 35.9 Å². The lowest BCUT2D eigenvalue weighted by Crippen LogP contribution is -1.94. The molecular formula is C12H13N3O. The Kier molecular flexibility index (Phi) is 3.03. The third-order valence-corrected chi connectivity index (χ3v) is 2.19. The molecule has 0 unspecified atom stereocenters. The summed E-state index contributed by atoms with van der Waals surface area (Å²) in [6.45, 7) is 0.00908. The van der Waals surface area contributed by atoms with Crippen molar-refractivity contribution in [1.29, 1.82) is 0 Å². The summed E-state index contributed by atoms with van der Waals surface area (Å²) in [4.78, 5) is 4.16. The van der Waals surface area contributed by atoms with Gasteiger partial charge in [-0.25, -0.2) is 4.98 Å². The summed E-state index contributed by atoms with van der Waals surface area (Å²) in [7, 11) is 0. The zero-order chi connectivity index (χ0) is 11.4. The van der Waals surface area contributed by atoms with Gasteiger partial charge in [-0.1, -0.05) is 6.07 Å². The van der Waals surface area contributed by atoms with E-state index in [0.29, 0.717) is 0 Å². The molecule has 82 valence electrons. The second-order valence-corrected chi connectivity index (χ2v) is 3.46. The number of rotatable bonds is 3. The minimum absolute atomic E-state index is 0.00908. The van der Waals surface area contributed by atoms with E-state index in [0.717, 1.165) is 22.8 Å². The number of aliphatic hydroxyl groups excluding tert-OH is 1. The van der Waals surface area contributed by atoms with Crippen molar-refractivity contribution in [3.8, 4) is 0 Å². The summed E-state index contributed by atoms with van der Waals surface area (Å²) < 4.78 is 0. The van der Waals surface area contributed by atoms with Crippen LogP contribution in [0.4, 0.5) is 17.2 Å². The van der Waals surface area contributed by atoms with Crippen molar-refractivity contribution in [3.63, 3.8) is 0 Å². The first kappa shape index (κ1) is 10.4. The molecule has 2 rings (SSSR count). The number of benzene rings is 1. The van der Waals surface area contributed by atoms with Gasteiger partial charge < -0.3 is 16.2 Å². The number of aromatic nitrogens is 1. The van der Waals surface area contributed by atoms with Crippen molar-refractivity contribution in [2.75, 3.05) is 11.1 Å². The molecule has 0 aliphatic rings. The number of aliphatic hydroxyl groups is 1. The Hall–Kier alpha value is -2.07. The van der Waals surface area contributed by atoms with E-state index in [1.165, 1.54) is 0 Å². The molecule has 0 aliphatic carbocycles. The second-order valence-electron chi connectivity index (χ2n) is 3.46. The molecule has 0 spiro atoms. The Morgan fingerprint density at radius 3 is 2.44 bits per heavy atom. The van der Waals surface area contributed by atoms with E-state index in [4.69, 9.17) is 10.8 Å². The zero-order valence-electron chi connectivity index (χ0n) is 8.72. The first-order valence-corrected chi connectivity index (χ1v) is 4.96. The molecule has 1 heterocycles. The first-order chi connectivity index (χ1) is 7.78. The van der Waals surface area contributed by atoms with Crippen LogP contribution in [0.2, 0.25) is 0 Å².